The van der Waals surface area contributed by atoms with E-state index in [9.17, 15) is 14.8 Å². The maximum absolute atomic E-state index is 14.0. The van der Waals surface area contributed by atoms with Gasteiger partial charge < -0.3 is 19.2 Å². The van der Waals surface area contributed by atoms with Gasteiger partial charge in [0.25, 0.3) is 0 Å². The molecule has 0 fully saturated rings. The SMILES string of the molecule is CC(=O)ON=C(C)c1ccc(-n2c3ccc(C(=O)c4ccc(-n5c6ccccc6c6ccccc65)cc4)cc3c3cc(C(C)=NO)ccc32)cc1. The Bertz CT molecular complexity index is 2680. The number of carbonyl (C=O) groups is 2. The van der Waals surface area contributed by atoms with Gasteiger partial charge in [-0.15, -0.1) is 0 Å². The molecule has 8 nitrogen and oxygen atoms in total. The first kappa shape index (κ1) is 31.5. The molecule has 0 radical (unpaired) electrons. The Hall–Kier alpha value is -6.80. The van der Waals surface area contributed by atoms with E-state index in [0.29, 0.717) is 22.6 Å². The Morgan fingerprint density at radius 2 is 0.961 bits per heavy atom. The third-order valence-corrected chi connectivity index (χ3v) is 9.42. The molecule has 0 saturated carbocycles. The zero-order valence-electron chi connectivity index (χ0n) is 28.2. The van der Waals surface area contributed by atoms with Crippen LogP contribution < -0.4 is 0 Å². The molecular weight excluding hydrogens is 636 g/mol. The third kappa shape index (κ3) is 5.43. The summed E-state index contributed by atoms with van der Waals surface area (Å²) in [4.78, 5) is 30.1. The van der Waals surface area contributed by atoms with Gasteiger partial charge in [0.2, 0.25) is 0 Å². The predicted octanol–water partition coefficient (Wildman–Crippen LogP) is 9.60. The standard InChI is InChI=1S/C43H32N4O4/c1-26(44-50)31-16-22-41-37(24-31)38-25-32(17-23-42(38)47(41)33-18-12-29(13-19-33)27(2)45-51-28(3)48)43(49)30-14-20-34(21-15-30)46-39-10-6-4-8-35(39)36-9-5-7-11-40(36)46/h4-25,50H,1-3H3. The van der Waals surface area contributed by atoms with Crippen molar-refractivity contribution in [3.05, 3.63) is 156 Å². The van der Waals surface area contributed by atoms with Gasteiger partial charge in [-0.3, -0.25) is 4.79 Å². The summed E-state index contributed by atoms with van der Waals surface area (Å²) in [6.45, 7) is 4.84. The summed E-state index contributed by atoms with van der Waals surface area (Å²) >= 11 is 0. The number of ketones is 1. The molecule has 8 aromatic rings. The van der Waals surface area contributed by atoms with Crippen LogP contribution in [0.5, 0.6) is 0 Å². The molecule has 6 aromatic carbocycles. The number of carbonyl (C=O) groups excluding carboxylic acids is 2. The first-order valence-electron chi connectivity index (χ1n) is 16.6. The van der Waals surface area contributed by atoms with Crippen molar-refractivity contribution in [3.63, 3.8) is 0 Å². The van der Waals surface area contributed by atoms with E-state index >= 15 is 0 Å². The molecule has 0 saturated heterocycles. The average molecular weight is 669 g/mol. The highest BCUT2D eigenvalue weighted by molar-refractivity contribution is 6.17. The number of fused-ring (bicyclic) bond motifs is 6. The van der Waals surface area contributed by atoms with Crippen LogP contribution in [0.4, 0.5) is 0 Å². The average Bonchev–Trinajstić information content (AvgIpc) is 3.68. The number of rotatable bonds is 7. The zero-order chi connectivity index (χ0) is 35.2. The minimum Gasteiger partial charge on any atom is -0.411 e. The Balaban J connectivity index is 1.20. The van der Waals surface area contributed by atoms with Crippen molar-refractivity contribution in [2.24, 2.45) is 10.3 Å². The lowest BCUT2D eigenvalue weighted by Crippen LogP contribution is -2.02. The Morgan fingerprint density at radius 1 is 0.510 bits per heavy atom. The molecule has 0 amide bonds. The lowest BCUT2D eigenvalue weighted by atomic mass is 10.00. The molecule has 0 bridgehead atoms. The molecule has 8 rings (SSSR count). The van der Waals surface area contributed by atoms with Gasteiger partial charge in [0, 0.05) is 51.0 Å². The maximum Gasteiger partial charge on any atom is 0.331 e. The first-order chi connectivity index (χ1) is 24.8. The molecule has 0 aliphatic rings. The van der Waals surface area contributed by atoms with E-state index in [1.807, 2.05) is 97.1 Å². The lowest BCUT2D eigenvalue weighted by Gasteiger charge is -2.10. The van der Waals surface area contributed by atoms with Gasteiger partial charge in [-0.2, -0.15) is 0 Å². The second kappa shape index (κ2) is 12.6. The number of benzene rings is 6. The van der Waals surface area contributed by atoms with E-state index in [2.05, 4.69) is 55.8 Å². The predicted molar refractivity (Wildman–Crippen MR) is 203 cm³/mol. The number of aromatic nitrogens is 2. The van der Waals surface area contributed by atoms with Gasteiger partial charge in [0.1, 0.15) is 0 Å². The first-order valence-corrected chi connectivity index (χ1v) is 16.6. The number of oxime groups is 2. The largest absolute Gasteiger partial charge is 0.411 e. The minimum atomic E-state index is -0.480. The number of hydrogen-bond donors (Lipinski definition) is 1. The number of hydrogen-bond acceptors (Lipinski definition) is 6. The van der Waals surface area contributed by atoms with Crippen molar-refractivity contribution in [2.75, 3.05) is 0 Å². The molecule has 2 aromatic heterocycles. The van der Waals surface area contributed by atoms with E-state index in [-0.39, 0.29) is 5.78 Å². The van der Waals surface area contributed by atoms with Crippen molar-refractivity contribution in [1.29, 1.82) is 0 Å². The monoisotopic (exact) mass is 668 g/mol. The molecule has 1 N–H and O–H groups in total. The van der Waals surface area contributed by atoms with Crippen LogP contribution in [0.3, 0.4) is 0 Å². The van der Waals surface area contributed by atoms with Gasteiger partial charge in [0.05, 0.1) is 33.5 Å². The second-order valence-electron chi connectivity index (χ2n) is 12.5. The van der Waals surface area contributed by atoms with Gasteiger partial charge in [-0.05, 0) is 104 Å². The van der Waals surface area contributed by atoms with Gasteiger partial charge in [-0.1, -0.05) is 64.9 Å². The Labute approximate surface area is 293 Å². The molecule has 51 heavy (non-hydrogen) atoms. The smallest absolute Gasteiger partial charge is 0.331 e. The Kier molecular flexibility index (Phi) is 7.76. The normalized spacial score (nSPS) is 12.3. The van der Waals surface area contributed by atoms with Crippen molar-refractivity contribution < 1.29 is 19.6 Å². The summed E-state index contributed by atoms with van der Waals surface area (Å²) in [5.74, 6) is -0.561. The number of para-hydroxylation sites is 2. The van der Waals surface area contributed by atoms with Crippen LogP contribution in [-0.2, 0) is 9.63 Å². The molecule has 248 valence electrons. The van der Waals surface area contributed by atoms with E-state index in [1.54, 1.807) is 13.8 Å². The molecule has 2 heterocycles. The van der Waals surface area contributed by atoms with Crippen LogP contribution in [0, 0.1) is 0 Å². The van der Waals surface area contributed by atoms with E-state index < -0.39 is 5.97 Å². The molecule has 0 spiro atoms. The van der Waals surface area contributed by atoms with Crippen molar-refractivity contribution in [2.45, 2.75) is 20.8 Å². The van der Waals surface area contributed by atoms with Gasteiger partial charge >= 0.3 is 5.97 Å². The second-order valence-corrected chi connectivity index (χ2v) is 12.5. The van der Waals surface area contributed by atoms with E-state index in [0.717, 1.165) is 55.3 Å². The van der Waals surface area contributed by atoms with Gasteiger partial charge in [-0.25, -0.2) is 4.79 Å². The topological polar surface area (TPSA) is 98.2 Å². The van der Waals surface area contributed by atoms with Crippen molar-refractivity contribution >= 4 is 66.8 Å². The molecule has 0 unspecified atom stereocenters. The van der Waals surface area contributed by atoms with Crippen LogP contribution in [-0.4, -0.2) is 37.5 Å². The summed E-state index contributed by atoms with van der Waals surface area (Å²) in [6.07, 6.45) is 0. The molecule has 0 aliphatic carbocycles. The highest BCUT2D eigenvalue weighted by Crippen LogP contribution is 2.35. The summed E-state index contributed by atoms with van der Waals surface area (Å²) < 4.78 is 4.37. The zero-order valence-corrected chi connectivity index (χ0v) is 28.2. The van der Waals surface area contributed by atoms with Crippen LogP contribution in [0.15, 0.2) is 144 Å². The fourth-order valence-electron chi connectivity index (χ4n) is 6.89. The van der Waals surface area contributed by atoms with E-state index in [4.69, 9.17) is 4.84 Å². The summed E-state index contributed by atoms with van der Waals surface area (Å²) in [6, 6.07) is 44.0. The lowest BCUT2D eigenvalue weighted by molar-refractivity contribution is -0.140. The highest BCUT2D eigenvalue weighted by Gasteiger charge is 2.18. The quantitative estimate of drug-likeness (QED) is 0.0601. The van der Waals surface area contributed by atoms with Crippen LogP contribution in [0.2, 0.25) is 0 Å². The van der Waals surface area contributed by atoms with Crippen molar-refractivity contribution in [3.8, 4) is 11.4 Å². The van der Waals surface area contributed by atoms with Gasteiger partial charge in [0.15, 0.2) is 5.78 Å². The fraction of sp³-hybridized carbons (Fsp3) is 0.0698. The molecule has 0 atom stereocenters. The van der Waals surface area contributed by atoms with Crippen LogP contribution in [0.1, 0.15) is 47.8 Å². The third-order valence-electron chi connectivity index (χ3n) is 9.42. The summed E-state index contributed by atoms with van der Waals surface area (Å²) in [5, 5.41) is 21.0. The minimum absolute atomic E-state index is 0.0808. The molecular formula is C43H32N4O4. The summed E-state index contributed by atoms with van der Waals surface area (Å²) in [5.41, 5.74) is 9.76. The summed E-state index contributed by atoms with van der Waals surface area (Å²) in [7, 11) is 0. The van der Waals surface area contributed by atoms with Crippen LogP contribution in [0.25, 0.3) is 55.0 Å². The van der Waals surface area contributed by atoms with E-state index in [1.165, 1.54) is 17.7 Å². The highest BCUT2D eigenvalue weighted by atomic mass is 16.7. The Morgan fingerprint density at radius 3 is 1.49 bits per heavy atom. The van der Waals surface area contributed by atoms with Crippen LogP contribution >= 0.6 is 0 Å². The molecule has 0 aliphatic heterocycles. The maximum atomic E-state index is 14.0. The number of nitrogens with zero attached hydrogens (tertiary/aromatic N) is 4. The molecule has 8 heteroatoms. The van der Waals surface area contributed by atoms with Crippen molar-refractivity contribution in [1.82, 2.24) is 9.13 Å². The fourth-order valence-corrected chi connectivity index (χ4v) is 6.89.